The second kappa shape index (κ2) is 13.1. The van der Waals surface area contributed by atoms with Crippen LogP contribution in [-0.2, 0) is 0 Å². The fourth-order valence-corrected chi connectivity index (χ4v) is 10.7. The molecule has 0 aliphatic carbocycles. The molecule has 0 radical (unpaired) electrons. The maximum Gasteiger partial charge on any atom is 0.0899 e. The van der Waals surface area contributed by atoms with Gasteiger partial charge in [0.1, 0.15) is 0 Å². The summed E-state index contributed by atoms with van der Waals surface area (Å²) < 4.78 is 5.60. The second-order valence-electron chi connectivity index (χ2n) is 11.2. The molecule has 0 unspecified atom stereocenters. The SMILES string of the molecule is Cc1cc(C)c(P=C(N(C(C)C)C(C)C)P(N(C(C)C)C(C)C)N(C(C)C)C(C)C)c(C)c1. The Balaban J connectivity index is 4.10. The molecule has 0 saturated heterocycles. The number of benzene rings is 1. The highest BCUT2D eigenvalue weighted by Gasteiger charge is 2.39. The molecule has 5 heteroatoms. The van der Waals surface area contributed by atoms with Gasteiger partial charge in [-0.1, -0.05) is 17.7 Å². The topological polar surface area (TPSA) is 9.72 Å². The second-order valence-corrected chi connectivity index (χ2v) is 14.6. The lowest BCUT2D eigenvalue weighted by atomic mass is 10.1. The molecule has 0 fully saturated rings. The molecule has 1 aromatic carbocycles. The summed E-state index contributed by atoms with van der Waals surface area (Å²) in [7, 11) is 0.687. The van der Waals surface area contributed by atoms with Crippen molar-refractivity contribution in [2.24, 2.45) is 0 Å². The van der Waals surface area contributed by atoms with E-state index in [1.165, 1.54) is 30.2 Å². The van der Waals surface area contributed by atoms with Crippen molar-refractivity contribution < 1.29 is 0 Å². The van der Waals surface area contributed by atoms with Crippen molar-refractivity contribution >= 4 is 26.9 Å². The maximum atomic E-state index is 2.80. The van der Waals surface area contributed by atoms with Crippen LogP contribution in [0.4, 0.5) is 0 Å². The van der Waals surface area contributed by atoms with E-state index in [1.807, 2.05) is 0 Å². The van der Waals surface area contributed by atoms with Gasteiger partial charge in [0.05, 0.1) is 13.4 Å². The molecule has 0 saturated carbocycles. The van der Waals surface area contributed by atoms with E-state index in [1.54, 1.807) is 5.16 Å². The van der Waals surface area contributed by atoms with Gasteiger partial charge >= 0.3 is 0 Å². The quantitative estimate of drug-likeness (QED) is 0.290. The predicted molar refractivity (Wildman–Crippen MR) is 155 cm³/mol. The van der Waals surface area contributed by atoms with E-state index in [9.17, 15) is 0 Å². The van der Waals surface area contributed by atoms with E-state index < -0.39 is 8.22 Å². The minimum atomic E-state index is -0.672. The van der Waals surface area contributed by atoms with Crippen LogP contribution in [0.5, 0.6) is 0 Å². The Labute approximate surface area is 210 Å². The Morgan fingerprint density at radius 1 is 0.606 bits per heavy atom. The molecular weight excluding hydrogens is 440 g/mol. The van der Waals surface area contributed by atoms with Crippen molar-refractivity contribution in [1.82, 2.24) is 14.2 Å². The Morgan fingerprint density at radius 2 is 0.939 bits per heavy atom. The fraction of sp³-hybridized carbons (Fsp3) is 0.750. The number of hydrogen-bond acceptors (Lipinski definition) is 2. The Morgan fingerprint density at radius 3 is 1.21 bits per heavy atom. The summed E-state index contributed by atoms with van der Waals surface area (Å²) in [5.41, 5.74) is 4.18. The minimum Gasteiger partial charge on any atom is -0.264 e. The van der Waals surface area contributed by atoms with E-state index in [2.05, 4.69) is 130 Å². The number of rotatable bonds is 11. The molecule has 33 heavy (non-hydrogen) atoms. The van der Waals surface area contributed by atoms with E-state index in [0.29, 0.717) is 36.3 Å². The number of hydrogen-bond donors (Lipinski definition) is 0. The number of aryl methyl sites for hydroxylation is 3. The monoisotopic (exact) mass is 493 g/mol. The van der Waals surface area contributed by atoms with Gasteiger partial charge < -0.3 is 0 Å². The van der Waals surface area contributed by atoms with Crippen LogP contribution < -0.4 is 5.30 Å². The summed E-state index contributed by atoms with van der Waals surface area (Å²) >= 11 is 0. The predicted octanol–water partition coefficient (Wildman–Crippen LogP) is 7.94. The molecule has 0 heterocycles. The first-order valence-electron chi connectivity index (χ1n) is 12.9. The third-order valence-corrected chi connectivity index (χ3v) is 11.4. The van der Waals surface area contributed by atoms with Crippen molar-refractivity contribution in [3.8, 4) is 0 Å². The van der Waals surface area contributed by atoms with Gasteiger partial charge in [-0.2, -0.15) is 0 Å². The Bertz CT molecular complexity index is 714. The fourth-order valence-electron chi connectivity index (χ4n) is 5.11. The standard InChI is InChI=1S/C28H53N3P2/c1-18(2)29(19(3)4)28(32-27-25(14)16-24(13)17-26(27)15)33(30(20(5)6)21(7)8)31(22(9)10)23(11)12/h16-23H,1-15H3. The smallest absolute Gasteiger partial charge is 0.0899 e. The van der Waals surface area contributed by atoms with Gasteiger partial charge in [0.25, 0.3) is 0 Å². The van der Waals surface area contributed by atoms with Gasteiger partial charge in [-0.05, 0) is 123 Å². The van der Waals surface area contributed by atoms with E-state index in [0.717, 1.165) is 0 Å². The molecule has 190 valence electrons. The zero-order chi connectivity index (χ0) is 25.8. The third kappa shape index (κ3) is 7.85. The van der Waals surface area contributed by atoms with Gasteiger partial charge in [0.2, 0.25) is 0 Å². The molecule has 1 aromatic rings. The molecule has 0 aromatic heterocycles. The first-order chi connectivity index (χ1) is 15.1. The highest BCUT2D eigenvalue weighted by Crippen LogP contribution is 2.54. The van der Waals surface area contributed by atoms with Gasteiger partial charge in [-0.3, -0.25) is 14.2 Å². The van der Waals surface area contributed by atoms with Gasteiger partial charge in [-0.25, -0.2) is 0 Å². The van der Waals surface area contributed by atoms with Gasteiger partial charge in [0.15, 0.2) is 0 Å². The Kier molecular flexibility index (Phi) is 12.2. The molecule has 0 aliphatic rings. The third-order valence-electron chi connectivity index (χ3n) is 5.92. The zero-order valence-corrected chi connectivity index (χ0v) is 26.1. The van der Waals surface area contributed by atoms with Crippen LogP contribution in [0.3, 0.4) is 0 Å². The highest BCUT2D eigenvalue weighted by atomic mass is 31.2. The first-order valence-corrected chi connectivity index (χ1v) is 15.1. The van der Waals surface area contributed by atoms with E-state index in [4.69, 9.17) is 0 Å². The number of nitrogens with zero attached hydrogens (tertiary/aromatic N) is 3. The van der Waals surface area contributed by atoms with Crippen LogP contribution in [0, 0.1) is 20.8 Å². The van der Waals surface area contributed by atoms with Crippen molar-refractivity contribution in [1.29, 1.82) is 0 Å². The molecule has 0 amide bonds. The van der Waals surface area contributed by atoms with E-state index in [-0.39, 0.29) is 0 Å². The lowest BCUT2D eigenvalue weighted by Crippen LogP contribution is -2.50. The van der Waals surface area contributed by atoms with Crippen LogP contribution in [-0.4, -0.2) is 55.7 Å². The van der Waals surface area contributed by atoms with Crippen molar-refractivity contribution in [2.75, 3.05) is 0 Å². The molecule has 0 aliphatic heterocycles. The largest absolute Gasteiger partial charge is 0.264 e. The molecule has 1 rings (SSSR count). The maximum absolute atomic E-state index is 2.80. The van der Waals surface area contributed by atoms with Crippen molar-refractivity contribution in [2.45, 2.75) is 140 Å². The van der Waals surface area contributed by atoms with Gasteiger partial charge in [0, 0.05) is 41.6 Å². The molecule has 3 nitrogen and oxygen atoms in total. The average molecular weight is 494 g/mol. The molecule has 0 N–H and O–H groups in total. The summed E-state index contributed by atoms with van der Waals surface area (Å²) in [6, 6.07) is 7.51. The van der Waals surface area contributed by atoms with Crippen molar-refractivity contribution in [3.63, 3.8) is 0 Å². The van der Waals surface area contributed by atoms with Crippen LogP contribution in [0.15, 0.2) is 12.1 Å². The van der Waals surface area contributed by atoms with Crippen LogP contribution in [0.1, 0.15) is 99.8 Å². The summed E-state index contributed by atoms with van der Waals surface area (Å²) in [4.78, 5) is 2.72. The summed E-state index contributed by atoms with van der Waals surface area (Å²) in [6.45, 7) is 35.3. The van der Waals surface area contributed by atoms with Crippen LogP contribution in [0.25, 0.3) is 0 Å². The van der Waals surface area contributed by atoms with Crippen LogP contribution >= 0.6 is 16.4 Å². The molecule has 0 spiro atoms. The summed E-state index contributed by atoms with van der Waals surface area (Å²) in [6.07, 6.45) is 0. The lowest BCUT2D eigenvalue weighted by molar-refractivity contribution is 0.253. The average Bonchev–Trinajstić information content (AvgIpc) is 2.60. The summed E-state index contributed by atoms with van der Waals surface area (Å²) in [5.74, 6) is 0. The molecule has 0 atom stereocenters. The highest BCUT2D eigenvalue weighted by molar-refractivity contribution is 7.83. The van der Waals surface area contributed by atoms with Crippen LogP contribution in [0.2, 0.25) is 0 Å². The zero-order valence-electron chi connectivity index (χ0n) is 24.4. The summed E-state index contributed by atoms with van der Waals surface area (Å²) in [5, 5.41) is 3.06. The molecule has 0 bridgehead atoms. The minimum absolute atomic E-state index is 0.450. The lowest BCUT2D eigenvalue weighted by Gasteiger charge is -2.50. The normalized spacial score (nSPS) is 13.8. The van der Waals surface area contributed by atoms with E-state index >= 15 is 0 Å². The van der Waals surface area contributed by atoms with Gasteiger partial charge in [-0.15, -0.1) is 0 Å². The molecular formula is C28H53N3P2. The first kappa shape index (κ1) is 30.7. The van der Waals surface area contributed by atoms with Crippen molar-refractivity contribution in [3.05, 3.63) is 28.8 Å². The Hall–Kier alpha value is -0.300.